The SMILES string of the molecule is COc1ccc2cc(CN(Cc3ccco3)C(=O)c3cnc4ccccn4c3=O)c(N3CCCCCC3)nc2c1. The second kappa shape index (κ2) is 11.2. The summed E-state index contributed by atoms with van der Waals surface area (Å²) < 4.78 is 12.5. The van der Waals surface area contributed by atoms with Crippen LogP contribution in [0.15, 0.2) is 82.5 Å². The molecule has 204 valence electrons. The number of nitrogens with zero attached hydrogens (tertiary/aromatic N) is 5. The van der Waals surface area contributed by atoms with Crippen LogP contribution in [0.4, 0.5) is 5.82 Å². The highest BCUT2D eigenvalue weighted by atomic mass is 16.5. The zero-order valence-electron chi connectivity index (χ0n) is 22.5. The summed E-state index contributed by atoms with van der Waals surface area (Å²) in [4.78, 5) is 40.8. The number of furan rings is 1. The van der Waals surface area contributed by atoms with Crippen molar-refractivity contribution >= 4 is 28.3 Å². The van der Waals surface area contributed by atoms with Crippen LogP contribution in [-0.4, -0.2) is 45.4 Å². The molecule has 0 N–H and O–H groups in total. The van der Waals surface area contributed by atoms with Crippen LogP contribution in [0.1, 0.15) is 47.4 Å². The van der Waals surface area contributed by atoms with Gasteiger partial charge < -0.3 is 19.0 Å². The molecule has 1 aromatic carbocycles. The molecular weight excluding hydrogens is 506 g/mol. The fraction of sp³-hybridized carbons (Fsp3) is 0.290. The molecule has 0 unspecified atom stereocenters. The zero-order valence-corrected chi connectivity index (χ0v) is 22.5. The summed E-state index contributed by atoms with van der Waals surface area (Å²) in [6.07, 6.45) is 9.13. The molecule has 0 atom stereocenters. The number of methoxy groups -OCH3 is 1. The lowest BCUT2D eigenvalue weighted by Crippen LogP contribution is -2.36. The Kier molecular flexibility index (Phi) is 7.18. The lowest BCUT2D eigenvalue weighted by molar-refractivity contribution is 0.0715. The summed E-state index contributed by atoms with van der Waals surface area (Å²) in [5.74, 6) is 1.81. The fourth-order valence-corrected chi connectivity index (χ4v) is 5.32. The van der Waals surface area contributed by atoms with E-state index in [2.05, 4.69) is 16.0 Å². The lowest BCUT2D eigenvalue weighted by Gasteiger charge is -2.28. The van der Waals surface area contributed by atoms with Gasteiger partial charge in [0.05, 0.1) is 32.0 Å². The highest BCUT2D eigenvalue weighted by Crippen LogP contribution is 2.30. The molecule has 1 aliphatic rings. The lowest BCUT2D eigenvalue weighted by atomic mass is 10.1. The van der Waals surface area contributed by atoms with Crippen LogP contribution in [-0.2, 0) is 13.1 Å². The Balaban J connectivity index is 1.44. The van der Waals surface area contributed by atoms with Gasteiger partial charge in [0, 0.05) is 42.5 Å². The van der Waals surface area contributed by atoms with Crippen LogP contribution in [0.3, 0.4) is 0 Å². The third-order valence-electron chi connectivity index (χ3n) is 7.41. The number of pyridine rings is 2. The molecule has 9 heteroatoms. The molecule has 5 aromatic rings. The van der Waals surface area contributed by atoms with Crippen LogP contribution in [0.5, 0.6) is 5.75 Å². The normalized spacial score (nSPS) is 13.9. The molecule has 6 rings (SSSR count). The van der Waals surface area contributed by atoms with Crippen molar-refractivity contribution < 1.29 is 13.9 Å². The first-order valence-corrected chi connectivity index (χ1v) is 13.6. The van der Waals surface area contributed by atoms with Gasteiger partial charge in [0.2, 0.25) is 0 Å². The Morgan fingerprint density at radius 3 is 2.65 bits per heavy atom. The van der Waals surface area contributed by atoms with E-state index in [0.29, 0.717) is 11.4 Å². The topological polar surface area (TPSA) is 93.2 Å². The van der Waals surface area contributed by atoms with E-state index >= 15 is 0 Å². The summed E-state index contributed by atoms with van der Waals surface area (Å²) in [7, 11) is 1.65. The monoisotopic (exact) mass is 537 g/mol. The van der Waals surface area contributed by atoms with Gasteiger partial charge in [-0.15, -0.1) is 0 Å². The number of carbonyl (C=O) groups is 1. The molecule has 0 spiro atoms. The van der Waals surface area contributed by atoms with E-state index in [1.54, 1.807) is 48.7 Å². The minimum absolute atomic E-state index is 0.00469. The predicted octanol–water partition coefficient (Wildman–Crippen LogP) is 5.07. The van der Waals surface area contributed by atoms with Crippen molar-refractivity contribution in [1.29, 1.82) is 0 Å². The van der Waals surface area contributed by atoms with Crippen LogP contribution in [0, 0.1) is 0 Å². The van der Waals surface area contributed by atoms with Crippen LogP contribution >= 0.6 is 0 Å². The Bertz CT molecular complexity index is 1700. The molecule has 9 nitrogen and oxygen atoms in total. The van der Waals surface area contributed by atoms with Crippen molar-refractivity contribution in [2.75, 3.05) is 25.1 Å². The third-order valence-corrected chi connectivity index (χ3v) is 7.41. The van der Waals surface area contributed by atoms with Gasteiger partial charge in [-0.25, -0.2) is 9.97 Å². The van der Waals surface area contributed by atoms with Gasteiger partial charge >= 0.3 is 0 Å². The number of benzene rings is 1. The molecule has 1 fully saturated rings. The maximum atomic E-state index is 14.0. The van der Waals surface area contributed by atoms with Crippen molar-refractivity contribution in [3.05, 3.63) is 100 Å². The molecule has 1 aliphatic heterocycles. The smallest absolute Gasteiger partial charge is 0.270 e. The molecule has 1 saturated heterocycles. The average molecular weight is 538 g/mol. The number of amides is 1. The summed E-state index contributed by atoms with van der Waals surface area (Å²) in [5.41, 5.74) is 1.83. The standard InChI is InChI=1S/C31H31N5O4/c1-39-24-12-11-22-17-23(29(33-27(22)18-24)34-13-5-2-3-6-14-34)20-35(21-25-9-8-16-40-25)30(37)26-19-32-28-10-4-7-15-36(28)31(26)38/h4,7-12,15-19H,2-3,5-6,13-14,20-21H2,1H3. The van der Waals surface area contributed by atoms with Crippen molar-refractivity contribution in [2.24, 2.45) is 0 Å². The summed E-state index contributed by atoms with van der Waals surface area (Å²) >= 11 is 0. The van der Waals surface area contributed by atoms with E-state index in [0.717, 1.165) is 54.0 Å². The Hall–Kier alpha value is -4.66. The molecule has 0 saturated carbocycles. The van der Waals surface area contributed by atoms with E-state index in [4.69, 9.17) is 14.1 Å². The number of rotatable bonds is 7. The maximum Gasteiger partial charge on any atom is 0.270 e. The van der Waals surface area contributed by atoms with E-state index in [-0.39, 0.29) is 18.7 Å². The first-order chi connectivity index (χ1) is 19.6. The number of carbonyl (C=O) groups excluding carboxylic acids is 1. The van der Waals surface area contributed by atoms with E-state index in [1.165, 1.54) is 23.4 Å². The van der Waals surface area contributed by atoms with Gasteiger partial charge in [0.15, 0.2) is 0 Å². The number of ether oxygens (including phenoxy) is 1. The molecule has 4 aromatic heterocycles. The van der Waals surface area contributed by atoms with E-state index < -0.39 is 11.5 Å². The molecule has 1 amide bonds. The number of hydrogen-bond donors (Lipinski definition) is 0. The van der Waals surface area contributed by atoms with Crippen LogP contribution < -0.4 is 15.2 Å². The fourth-order valence-electron chi connectivity index (χ4n) is 5.32. The van der Waals surface area contributed by atoms with Gasteiger partial charge in [-0.1, -0.05) is 18.9 Å². The Morgan fingerprint density at radius 1 is 1.02 bits per heavy atom. The first kappa shape index (κ1) is 25.6. The van der Waals surface area contributed by atoms with Crippen molar-refractivity contribution in [3.8, 4) is 5.75 Å². The molecule has 0 aliphatic carbocycles. The summed E-state index contributed by atoms with van der Waals surface area (Å²) in [5, 5.41) is 0.951. The molecule has 0 bridgehead atoms. The van der Waals surface area contributed by atoms with Crippen molar-refractivity contribution in [1.82, 2.24) is 19.3 Å². The first-order valence-electron chi connectivity index (χ1n) is 13.6. The highest BCUT2D eigenvalue weighted by molar-refractivity contribution is 5.94. The van der Waals surface area contributed by atoms with E-state index in [9.17, 15) is 9.59 Å². The zero-order chi connectivity index (χ0) is 27.5. The maximum absolute atomic E-state index is 14.0. The van der Waals surface area contributed by atoms with E-state index in [1.807, 2.05) is 24.3 Å². The second-order valence-corrected chi connectivity index (χ2v) is 10.1. The Morgan fingerprint density at radius 2 is 1.88 bits per heavy atom. The van der Waals surface area contributed by atoms with Crippen LogP contribution in [0.2, 0.25) is 0 Å². The Labute approximate surface area is 231 Å². The minimum atomic E-state index is -0.413. The van der Waals surface area contributed by atoms with Gasteiger partial charge in [0.25, 0.3) is 11.5 Å². The second-order valence-electron chi connectivity index (χ2n) is 10.1. The van der Waals surface area contributed by atoms with Crippen molar-refractivity contribution in [2.45, 2.75) is 38.8 Å². The van der Waals surface area contributed by atoms with Gasteiger partial charge in [-0.3, -0.25) is 14.0 Å². The summed E-state index contributed by atoms with van der Waals surface area (Å²) in [6.45, 7) is 2.25. The number of anilines is 1. The largest absolute Gasteiger partial charge is 0.497 e. The average Bonchev–Trinajstić information content (AvgIpc) is 3.35. The quantitative estimate of drug-likeness (QED) is 0.286. The third kappa shape index (κ3) is 5.14. The minimum Gasteiger partial charge on any atom is -0.497 e. The number of aromatic nitrogens is 3. The predicted molar refractivity (Wildman–Crippen MR) is 153 cm³/mol. The number of hydrogen-bond acceptors (Lipinski definition) is 7. The van der Waals surface area contributed by atoms with Crippen molar-refractivity contribution in [3.63, 3.8) is 0 Å². The molecule has 40 heavy (non-hydrogen) atoms. The van der Waals surface area contributed by atoms with Crippen LogP contribution in [0.25, 0.3) is 16.6 Å². The van der Waals surface area contributed by atoms with Gasteiger partial charge in [-0.2, -0.15) is 0 Å². The van der Waals surface area contributed by atoms with Gasteiger partial charge in [-0.05, 0) is 55.3 Å². The number of fused-ring (bicyclic) bond motifs is 2. The molecule has 0 radical (unpaired) electrons. The van der Waals surface area contributed by atoms with Gasteiger partial charge in [0.1, 0.15) is 28.5 Å². The highest BCUT2D eigenvalue weighted by Gasteiger charge is 2.25. The molecule has 5 heterocycles. The summed E-state index contributed by atoms with van der Waals surface area (Å²) in [6, 6.07) is 16.8. The molecular formula is C31H31N5O4.